The monoisotopic (exact) mass is 388 g/mol. The zero-order chi connectivity index (χ0) is 18.5. The fourth-order valence-electron chi connectivity index (χ4n) is 1.94. The average molecular weight is 388 g/mol. The highest BCUT2D eigenvalue weighted by molar-refractivity contribution is 8.14. The number of hydrogen-bond donors (Lipinski definition) is 4. The number of aliphatic hydroxyl groups excluding tert-OH is 4. The average Bonchev–Trinajstić information content (AvgIpc) is 2.52. The van der Waals surface area contributed by atoms with Crippen LogP contribution in [0, 0.1) is 5.92 Å². The van der Waals surface area contributed by atoms with Gasteiger partial charge in [0.25, 0.3) is 10.4 Å². The lowest BCUT2D eigenvalue weighted by Crippen LogP contribution is -2.57. The van der Waals surface area contributed by atoms with Crippen LogP contribution in [0.3, 0.4) is 0 Å². The van der Waals surface area contributed by atoms with Crippen LogP contribution in [-0.2, 0) is 19.4 Å². The molecule has 1 aliphatic rings. The van der Waals surface area contributed by atoms with Crippen LogP contribution in [0.15, 0.2) is 5.16 Å². The van der Waals surface area contributed by atoms with Gasteiger partial charge in [-0.1, -0.05) is 37.2 Å². The van der Waals surface area contributed by atoms with Crippen molar-refractivity contribution in [3.8, 4) is 0 Å². The summed E-state index contributed by atoms with van der Waals surface area (Å²) in [5, 5.41) is 41.9. The van der Waals surface area contributed by atoms with Crippen LogP contribution < -0.4 is 0 Å². The van der Waals surface area contributed by atoms with Crippen molar-refractivity contribution < 1.29 is 42.4 Å². The first-order valence-corrected chi connectivity index (χ1v) is 9.48. The molecule has 1 rings (SSSR count). The third-order valence-corrected chi connectivity index (χ3v) is 4.94. The fraction of sp³-hybridized carbons (Fsp3) is 0.917. The van der Waals surface area contributed by atoms with Gasteiger partial charge in [-0.3, -0.25) is 4.28 Å². The standard InChI is InChI=1S/C12H23NO9S2/c1-3-6(2)4-8(13-22-24(18,19)20)23-12-11(17)10(16)9(15)7(5-14)21-12/h6-7,9-12,14-17H,3-5H2,1-2H3,(H,18,19,20)/p-1/b13-8+/t6?,7-,9-,10+,11-,12+/m1/s1. The van der Waals surface area contributed by atoms with Crippen molar-refractivity contribution in [1.29, 1.82) is 0 Å². The lowest BCUT2D eigenvalue weighted by molar-refractivity contribution is -0.205. The van der Waals surface area contributed by atoms with E-state index in [0.717, 1.165) is 18.2 Å². The number of aliphatic hydroxyl groups is 4. The first kappa shape index (κ1) is 21.6. The van der Waals surface area contributed by atoms with Crippen LogP contribution in [-0.4, -0.2) is 74.9 Å². The third kappa shape index (κ3) is 6.44. The molecule has 0 aliphatic carbocycles. The number of ether oxygens (including phenoxy) is 1. The first-order valence-electron chi connectivity index (χ1n) is 7.27. The van der Waals surface area contributed by atoms with E-state index in [0.29, 0.717) is 0 Å². The van der Waals surface area contributed by atoms with E-state index in [2.05, 4.69) is 9.44 Å². The third-order valence-electron chi connectivity index (χ3n) is 3.55. The molecule has 1 heterocycles. The highest BCUT2D eigenvalue weighted by Gasteiger charge is 2.44. The van der Waals surface area contributed by atoms with Crippen LogP contribution in [0.1, 0.15) is 26.7 Å². The maximum Gasteiger partial charge on any atom is 0.284 e. The molecule has 10 nitrogen and oxygen atoms in total. The number of hydrogen-bond acceptors (Lipinski definition) is 11. The largest absolute Gasteiger partial charge is 0.714 e. The predicted molar refractivity (Wildman–Crippen MR) is 83.6 cm³/mol. The number of rotatable bonds is 7. The van der Waals surface area contributed by atoms with Gasteiger partial charge in [-0.05, 0) is 5.92 Å². The Morgan fingerprint density at radius 1 is 1.33 bits per heavy atom. The molecule has 0 aromatic carbocycles. The van der Waals surface area contributed by atoms with E-state index in [1.165, 1.54) is 0 Å². The second kappa shape index (κ2) is 9.29. The Bertz CT molecular complexity index is 525. The van der Waals surface area contributed by atoms with Crippen LogP contribution in [0.5, 0.6) is 0 Å². The number of oxime groups is 1. The number of nitrogens with zero attached hydrogens (tertiary/aromatic N) is 1. The summed E-state index contributed by atoms with van der Waals surface area (Å²) in [5.74, 6) is 0.0686. The minimum absolute atomic E-state index is 0.0631. The van der Waals surface area contributed by atoms with Gasteiger partial charge in [-0.15, -0.1) is 0 Å². The highest BCUT2D eigenvalue weighted by atomic mass is 32.3. The van der Waals surface area contributed by atoms with Gasteiger partial charge in [0.1, 0.15) is 34.9 Å². The van der Waals surface area contributed by atoms with Crippen molar-refractivity contribution >= 4 is 27.2 Å². The zero-order valence-corrected chi connectivity index (χ0v) is 14.8. The lowest BCUT2D eigenvalue weighted by atomic mass is 10.0. The van der Waals surface area contributed by atoms with E-state index in [4.69, 9.17) is 9.84 Å². The van der Waals surface area contributed by atoms with Crippen molar-refractivity contribution in [2.45, 2.75) is 56.5 Å². The van der Waals surface area contributed by atoms with Gasteiger partial charge in [-0.25, -0.2) is 0 Å². The molecule has 1 unspecified atom stereocenters. The molecular weight excluding hydrogens is 366 g/mol. The minimum atomic E-state index is -5.03. The molecule has 0 spiro atoms. The van der Waals surface area contributed by atoms with E-state index in [1.54, 1.807) is 0 Å². The Balaban J connectivity index is 2.91. The quantitative estimate of drug-likeness (QED) is 0.136. The summed E-state index contributed by atoms with van der Waals surface area (Å²) in [6, 6.07) is 0. The molecule has 6 atom stereocenters. The second-order valence-corrected chi connectivity index (χ2v) is 7.64. The molecule has 0 amide bonds. The summed E-state index contributed by atoms with van der Waals surface area (Å²) in [6.45, 7) is 3.16. The number of thioether (sulfide) groups is 1. The normalized spacial score (nSPS) is 33.3. The molecule has 0 aromatic heterocycles. The SMILES string of the molecule is CCC(C)C/C(=N\OS(=O)(=O)[O-])S[C@@H]1O[C@H](CO)[C@@H](O)[C@H](O)[C@H]1O. The van der Waals surface area contributed by atoms with E-state index in [1.807, 2.05) is 13.8 Å². The molecule has 12 heteroatoms. The van der Waals surface area contributed by atoms with Crippen molar-refractivity contribution in [1.82, 2.24) is 0 Å². The van der Waals surface area contributed by atoms with Gasteiger partial charge in [0.05, 0.1) is 6.61 Å². The Morgan fingerprint density at radius 3 is 2.46 bits per heavy atom. The summed E-state index contributed by atoms with van der Waals surface area (Å²) < 4.78 is 40.9. The summed E-state index contributed by atoms with van der Waals surface area (Å²) in [4.78, 5) is 0. The van der Waals surface area contributed by atoms with Gasteiger partial charge in [0, 0.05) is 6.42 Å². The molecule has 0 radical (unpaired) electrons. The first-order chi connectivity index (χ1) is 11.1. The maximum atomic E-state index is 10.6. The second-order valence-electron chi connectivity index (χ2n) is 5.50. The summed E-state index contributed by atoms with van der Waals surface area (Å²) >= 11 is 0.750. The van der Waals surface area contributed by atoms with Crippen LogP contribution in [0.4, 0.5) is 0 Å². The Labute approximate surface area is 144 Å². The molecule has 1 aliphatic heterocycles. The van der Waals surface area contributed by atoms with Crippen LogP contribution >= 0.6 is 11.8 Å². The van der Waals surface area contributed by atoms with Crippen molar-refractivity contribution in [2.75, 3.05) is 6.61 Å². The molecule has 1 fully saturated rings. The Hall–Kier alpha value is -0.470. The minimum Gasteiger partial charge on any atom is -0.714 e. The van der Waals surface area contributed by atoms with Gasteiger partial charge in [0.2, 0.25) is 0 Å². The van der Waals surface area contributed by atoms with Crippen molar-refractivity contribution in [2.24, 2.45) is 11.1 Å². The molecule has 4 N–H and O–H groups in total. The van der Waals surface area contributed by atoms with E-state index in [9.17, 15) is 28.3 Å². The van der Waals surface area contributed by atoms with E-state index in [-0.39, 0.29) is 17.4 Å². The molecule has 1 saturated heterocycles. The molecular formula is C12H22NO9S2-. The van der Waals surface area contributed by atoms with Gasteiger partial charge >= 0.3 is 0 Å². The maximum absolute atomic E-state index is 10.6. The molecule has 0 bridgehead atoms. The van der Waals surface area contributed by atoms with Crippen LogP contribution in [0.2, 0.25) is 0 Å². The van der Waals surface area contributed by atoms with Gasteiger partial charge in [0.15, 0.2) is 0 Å². The lowest BCUT2D eigenvalue weighted by Gasteiger charge is -2.39. The summed E-state index contributed by atoms with van der Waals surface area (Å²) in [5.41, 5.74) is -1.14. The Kier molecular flexibility index (Phi) is 8.35. The zero-order valence-electron chi connectivity index (χ0n) is 13.2. The molecule has 142 valence electrons. The smallest absolute Gasteiger partial charge is 0.284 e. The van der Waals surface area contributed by atoms with Crippen molar-refractivity contribution in [3.63, 3.8) is 0 Å². The van der Waals surface area contributed by atoms with Gasteiger partial charge in [-0.2, -0.15) is 8.42 Å². The predicted octanol–water partition coefficient (Wildman–Crippen LogP) is -1.25. The summed E-state index contributed by atoms with van der Waals surface area (Å²) in [7, 11) is -5.03. The van der Waals surface area contributed by atoms with E-state index >= 15 is 0 Å². The topological polar surface area (TPSA) is 169 Å². The van der Waals surface area contributed by atoms with Gasteiger partial charge < -0.3 is 29.7 Å². The highest BCUT2D eigenvalue weighted by Crippen LogP contribution is 2.31. The molecule has 0 aromatic rings. The fourth-order valence-corrected chi connectivity index (χ4v) is 3.39. The molecule has 24 heavy (non-hydrogen) atoms. The van der Waals surface area contributed by atoms with Crippen LogP contribution in [0.25, 0.3) is 0 Å². The van der Waals surface area contributed by atoms with Crippen molar-refractivity contribution in [3.05, 3.63) is 0 Å². The summed E-state index contributed by atoms with van der Waals surface area (Å²) in [6.07, 6.45) is -4.71. The van der Waals surface area contributed by atoms with E-state index < -0.39 is 46.9 Å². The Morgan fingerprint density at radius 2 is 1.96 bits per heavy atom. The molecule has 0 saturated carbocycles.